The summed E-state index contributed by atoms with van der Waals surface area (Å²) in [7, 11) is 0. The Morgan fingerprint density at radius 3 is 2.65 bits per heavy atom. The lowest BCUT2D eigenvalue weighted by Crippen LogP contribution is -2.13. The highest BCUT2D eigenvalue weighted by molar-refractivity contribution is 5.96. The highest BCUT2D eigenvalue weighted by Crippen LogP contribution is 2.29. The molecular weight excluding hydrogens is 250 g/mol. The number of amidine groups is 1. The molecule has 1 heterocycles. The average molecular weight is 269 g/mol. The highest BCUT2D eigenvalue weighted by atomic mass is 16.5. The first-order valence-corrected chi connectivity index (χ1v) is 6.67. The van der Waals surface area contributed by atoms with E-state index in [-0.39, 0.29) is 5.84 Å². The number of aromatic nitrogens is 1. The molecule has 4 nitrogen and oxygen atoms in total. The van der Waals surface area contributed by atoms with Crippen molar-refractivity contribution in [1.29, 1.82) is 5.41 Å². The Morgan fingerprint density at radius 2 is 2.00 bits per heavy atom. The van der Waals surface area contributed by atoms with E-state index < -0.39 is 0 Å². The number of hydrogen-bond donors (Lipinski definition) is 2. The van der Waals surface area contributed by atoms with Crippen LogP contribution in [0.1, 0.15) is 24.6 Å². The van der Waals surface area contributed by atoms with Gasteiger partial charge in [-0.25, -0.2) is 0 Å². The van der Waals surface area contributed by atoms with Gasteiger partial charge in [-0.1, -0.05) is 19.1 Å². The molecule has 1 aromatic heterocycles. The number of para-hydroxylation sites is 1. The summed E-state index contributed by atoms with van der Waals surface area (Å²) < 4.78 is 5.75. The number of benzene rings is 1. The van der Waals surface area contributed by atoms with E-state index in [1.807, 2.05) is 43.3 Å². The minimum atomic E-state index is 0.0390. The lowest BCUT2D eigenvalue weighted by atomic mass is 10.1. The van der Waals surface area contributed by atoms with Crippen molar-refractivity contribution in [3.05, 3.63) is 47.7 Å². The molecule has 0 fully saturated rings. The first-order chi connectivity index (χ1) is 9.63. The van der Waals surface area contributed by atoms with Crippen LogP contribution in [0.5, 0.6) is 5.75 Å². The average Bonchev–Trinajstić information content (AvgIpc) is 2.45. The molecular formula is C16H19N3O. The molecule has 0 aliphatic heterocycles. The predicted octanol–water partition coefficient (Wildman–Crippen LogP) is 3.13. The molecule has 0 saturated carbocycles. The van der Waals surface area contributed by atoms with Crippen molar-refractivity contribution in [3.63, 3.8) is 0 Å². The van der Waals surface area contributed by atoms with E-state index in [4.69, 9.17) is 15.9 Å². The van der Waals surface area contributed by atoms with Crippen LogP contribution in [0.15, 0.2) is 36.4 Å². The summed E-state index contributed by atoms with van der Waals surface area (Å²) in [5.41, 5.74) is 8.73. The quantitative estimate of drug-likeness (QED) is 0.647. The largest absolute Gasteiger partial charge is 0.493 e. The van der Waals surface area contributed by atoms with Crippen molar-refractivity contribution >= 4 is 5.84 Å². The van der Waals surface area contributed by atoms with Gasteiger partial charge < -0.3 is 10.5 Å². The van der Waals surface area contributed by atoms with Crippen molar-refractivity contribution in [3.8, 4) is 17.0 Å². The van der Waals surface area contributed by atoms with Crippen molar-refractivity contribution in [2.45, 2.75) is 20.3 Å². The van der Waals surface area contributed by atoms with Gasteiger partial charge in [0.2, 0.25) is 0 Å². The van der Waals surface area contributed by atoms with Crippen LogP contribution in [-0.4, -0.2) is 17.4 Å². The third kappa shape index (κ3) is 2.96. The molecule has 20 heavy (non-hydrogen) atoms. The molecule has 0 radical (unpaired) electrons. The Hall–Kier alpha value is -2.36. The Kier molecular flexibility index (Phi) is 4.35. The van der Waals surface area contributed by atoms with Crippen LogP contribution in [0.3, 0.4) is 0 Å². The molecule has 1 aromatic carbocycles. The van der Waals surface area contributed by atoms with E-state index >= 15 is 0 Å². The number of nitrogens with zero attached hydrogens (tertiary/aromatic N) is 1. The number of rotatable bonds is 5. The summed E-state index contributed by atoms with van der Waals surface area (Å²) in [6.07, 6.45) is 0.962. The van der Waals surface area contributed by atoms with Gasteiger partial charge in [-0.2, -0.15) is 0 Å². The van der Waals surface area contributed by atoms with Gasteiger partial charge in [0, 0.05) is 16.8 Å². The second-order valence-electron chi connectivity index (χ2n) is 4.59. The fourth-order valence-electron chi connectivity index (χ4n) is 2.01. The van der Waals surface area contributed by atoms with Gasteiger partial charge in [0.1, 0.15) is 11.6 Å². The molecule has 0 spiro atoms. The first-order valence-electron chi connectivity index (χ1n) is 6.67. The van der Waals surface area contributed by atoms with Gasteiger partial charge in [0.25, 0.3) is 0 Å². The summed E-state index contributed by atoms with van der Waals surface area (Å²) in [5.74, 6) is 0.869. The molecule has 104 valence electrons. The second-order valence-corrected chi connectivity index (χ2v) is 4.59. The number of hydrogen-bond acceptors (Lipinski definition) is 3. The minimum absolute atomic E-state index is 0.0390. The van der Waals surface area contributed by atoms with E-state index in [0.29, 0.717) is 12.2 Å². The van der Waals surface area contributed by atoms with E-state index in [0.717, 1.165) is 29.1 Å². The fraction of sp³-hybridized carbons (Fsp3) is 0.250. The number of nitrogen functional groups attached to an aromatic ring is 1. The lowest BCUT2D eigenvalue weighted by Gasteiger charge is -2.12. The molecule has 2 aromatic rings. The van der Waals surface area contributed by atoms with Crippen LogP contribution in [0, 0.1) is 12.3 Å². The molecule has 0 unspecified atom stereocenters. The maximum atomic E-state index is 7.50. The zero-order chi connectivity index (χ0) is 14.5. The van der Waals surface area contributed by atoms with E-state index in [1.165, 1.54) is 0 Å². The van der Waals surface area contributed by atoms with Gasteiger partial charge in [-0.15, -0.1) is 0 Å². The third-order valence-corrected chi connectivity index (χ3v) is 3.00. The van der Waals surface area contributed by atoms with Crippen LogP contribution in [-0.2, 0) is 0 Å². The number of nitrogens with two attached hydrogens (primary N) is 1. The van der Waals surface area contributed by atoms with Crippen LogP contribution < -0.4 is 10.5 Å². The lowest BCUT2D eigenvalue weighted by molar-refractivity contribution is 0.318. The third-order valence-electron chi connectivity index (χ3n) is 3.00. The zero-order valence-corrected chi connectivity index (χ0v) is 11.8. The van der Waals surface area contributed by atoms with Gasteiger partial charge in [0.05, 0.1) is 12.3 Å². The van der Waals surface area contributed by atoms with E-state index in [9.17, 15) is 0 Å². The molecule has 3 N–H and O–H groups in total. The number of pyridine rings is 1. The van der Waals surface area contributed by atoms with Crippen molar-refractivity contribution in [1.82, 2.24) is 4.98 Å². The summed E-state index contributed by atoms with van der Waals surface area (Å²) >= 11 is 0. The van der Waals surface area contributed by atoms with Gasteiger partial charge in [0.15, 0.2) is 0 Å². The van der Waals surface area contributed by atoms with Gasteiger partial charge in [-0.3, -0.25) is 10.4 Å². The van der Waals surface area contributed by atoms with Crippen molar-refractivity contribution in [2.75, 3.05) is 6.61 Å². The summed E-state index contributed by atoms with van der Waals surface area (Å²) in [6.45, 7) is 4.62. The highest BCUT2D eigenvalue weighted by Gasteiger charge is 2.10. The molecule has 0 aliphatic carbocycles. The maximum absolute atomic E-state index is 7.50. The van der Waals surface area contributed by atoms with Crippen molar-refractivity contribution < 1.29 is 4.74 Å². The van der Waals surface area contributed by atoms with Crippen LogP contribution in [0.2, 0.25) is 0 Å². The Bertz CT molecular complexity index is 623. The molecule has 0 amide bonds. The topological polar surface area (TPSA) is 72.0 Å². The molecule has 4 heteroatoms. The first kappa shape index (κ1) is 14.1. The molecule has 2 rings (SSSR count). The van der Waals surface area contributed by atoms with Gasteiger partial charge in [-0.05, 0) is 37.6 Å². The summed E-state index contributed by atoms with van der Waals surface area (Å²) in [6, 6.07) is 11.5. The molecule has 0 atom stereocenters. The van der Waals surface area contributed by atoms with Crippen LogP contribution >= 0.6 is 0 Å². The standard InChI is InChI=1S/C16H19N3O/c1-3-10-20-15-7-5-4-6-13(15)14-9-8-12(16(17)18)11(2)19-14/h4-9H,3,10H2,1-2H3,(H3,17,18). The molecule has 0 aliphatic rings. The molecule has 0 bridgehead atoms. The van der Waals surface area contributed by atoms with E-state index in [1.54, 1.807) is 0 Å². The number of aryl methyl sites for hydroxylation is 1. The smallest absolute Gasteiger partial charge is 0.128 e. The monoisotopic (exact) mass is 269 g/mol. The Balaban J connectivity index is 2.41. The Labute approximate surface area is 119 Å². The van der Waals surface area contributed by atoms with Crippen LogP contribution in [0.4, 0.5) is 0 Å². The number of ether oxygens (including phenoxy) is 1. The summed E-state index contributed by atoms with van der Waals surface area (Å²) in [5, 5.41) is 7.50. The maximum Gasteiger partial charge on any atom is 0.128 e. The van der Waals surface area contributed by atoms with Gasteiger partial charge >= 0.3 is 0 Å². The Morgan fingerprint density at radius 1 is 1.25 bits per heavy atom. The SMILES string of the molecule is CCCOc1ccccc1-c1ccc(C(=N)N)c(C)n1. The zero-order valence-electron chi connectivity index (χ0n) is 11.8. The minimum Gasteiger partial charge on any atom is -0.493 e. The van der Waals surface area contributed by atoms with Crippen molar-refractivity contribution in [2.24, 2.45) is 5.73 Å². The fourth-order valence-corrected chi connectivity index (χ4v) is 2.01. The second kappa shape index (κ2) is 6.19. The number of nitrogens with one attached hydrogen (secondary N) is 1. The predicted molar refractivity (Wildman–Crippen MR) is 81.2 cm³/mol. The molecule has 0 saturated heterocycles. The normalized spacial score (nSPS) is 10.3. The summed E-state index contributed by atoms with van der Waals surface area (Å²) in [4.78, 5) is 4.53. The van der Waals surface area contributed by atoms with Crippen LogP contribution in [0.25, 0.3) is 11.3 Å². The van der Waals surface area contributed by atoms with E-state index in [2.05, 4.69) is 11.9 Å².